The number of furan rings is 1. The van der Waals surface area contributed by atoms with E-state index >= 15 is 0 Å². The van der Waals surface area contributed by atoms with Gasteiger partial charge in [-0.05, 0) is 19.1 Å². The van der Waals surface area contributed by atoms with Gasteiger partial charge in [-0.1, -0.05) is 0 Å². The van der Waals surface area contributed by atoms with Crippen molar-refractivity contribution in [1.82, 2.24) is 15.5 Å². The van der Waals surface area contributed by atoms with E-state index in [4.69, 9.17) is 4.42 Å². The molecule has 0 radical (unpaired) electrons. The molecule has 1 fully saturated rings. The highest BCUT2D eigenvalue weighted by Crippen LogP contribution is 2.05. The molecule has 2 heterocycles. The van der Waals surface area contributed by atoms with E-state index in [-0.39, 0.29) is 6.03 Å². The summed E-state index contributed by atoms with van der Waals surface area (Å²) in [6.07, 6.45) is 0. The van der Waals surface area contributed by atoms with E-state index in [1.165, 1.54) is 0 Å². The van der Waals surface area contributed by atoms with E-state index in [9.17, 15) is 4.79 Å². The van der Waals surface area contributed by atoms with Crippen molar-refractivity contribution < 1.29 is 9.21 Å². The Morgan fingerprint density at radius 1 is 1.56 bits per heavy atom. The van der Waals surface area contributed by atoms with Gasteiger partial charge in [0.05, 0.1) is 6.54 Å². The molecule has 1 aromatic rings. The maximum absolute atomic E-state index is 11.2. The molecular formula is C11H17N3O2. The minimum absolute atomic E-state index is 0.0376. The quantitative estimate of drug-likeness (QED) is 0.722. The summed E-state index contributed by atoms with van der Waals surface area (Å²) in [5, 5.41) is 6.02. The summed E-state index contributed by atoms with van der Waals surface area (Å²) in [6.45, 7) is 5.73. The van der Waals surface area contributed by atoms with Crippen molar-refractivity contribution in [2.24, 2.45) is 0 Å². The second kappa shape index (κ2) is 5.03. The van der Waals surface area contributed by atoms with Crippen molar-refractivity contribution >= 4 is 6.03 Å². The molecule has 0 saturated carbocycles. The fourth-order valence-electron chi connectivity index (χ4n) is 1.73. The fraction of sp³-hybridized carbons (Fsp3) is 0.545. The van der Waals surface area contributed by atoms with Crippen LogP contribution in [0.4, 0.5) is 4.79 Å². The lowest BCUT2D eigenvalue weighted by atomic mass is 10.4. The highest BCUT2D eigenvalue weighted by molar-refractivity contribution is 5.76. The molecule has 16 heavy (non-hydrogen) atoms. The van der Waals surface area contributed by atoms with Gasteiger partial charge in [-0.15, -0.1) is 0 Å². The monoisotopic (exact) mass is 223 g/mol. The summed E-state index contributed by atoms with van der Waals surface area (Å²) in [6, 6.07) is 3.95. The number of carbonyl (C=O) groups excluding carboxylic acids is 1. The van der Waals surface area contributed by atoms with Gasteiger partial charge in [0.1, 0.15) is 11.5 Å². The van der Waals surface area contributed by atoms with Crippen LogP contribution in [-0.2, 0) is 6.54 Å². The molecule has 0 aromatic carbocycles. The van der Waals surface area contributed by atoms with Crippen molar-refractivity contribution in [3.63, 3.8) is 0 Å². The Morgan fingerprint density at radius 3 is 3.06 bits per heavy atom. The molecule has 2 amide bonds. The van der Waals surface area contributed by atoms with Crippen LogP contribution in [-0.4, -0.2) is 37.1 Å². The summed E-state index contributed by atoms with van der Waals surface area (Å²) in [5.41, 5.74) is 0. The van der Waals surface area contributed by atoms with Crippen LogP contribution in [0.15, 0.2) is 16.5 Å². The smallest absolute Gasteiger partial charge is 0.317 e. The number of hydrogen-bond acceptors (Lipinski definition) is 3. The molecule has 1 aliphatic heterocycles. The van der Waals surface area contributed by atoms with Gasteiger partial charge in [0, 0.05) is 26.2 Å². The second-order valence-electron chi connectivity index (χ2n) is 3.91. The van der Waals surface area contributed by atoms with Gasteiger partial charge in [-0.25, -0.2) is 4.79 Å². The molecule has 0 aliphatic carbocycles. The molecule has 0 bridgehead atoms. The number of aryl methyl sites for hydroxylation is 1. The first-order chi connectivity index (χ1) is 7.75. The highest BCUT2D eigenvalue weighted by Gasteiger charge is 2.17. The third kappa shape index (κ3) is 2.76. The molecule has 2 rings (SSSR count). The normalized spacial score (nSPS) is 15.6. The van der Waals surface area contributed by atoms with Crippen molar-refractivity contribution in [3.8, 4) is 0 Å². The maximum atomic E-state index is 11.2. The van der Waals surface area contributed by atoms with Crippen molar-refractivity contribution in [1.29, 1.82) is 0 Å². The van der Waals surface area contributed by atoms with E-state index in [1.807, 2.05) is 19.1 Å². The lowest BCUT2D eigenvalue weighted by Gasteiger charge is -2.13. The summed E-state index contributed by atoms with van der Waals surface area (Å²) in [7, 11) is 0. The van der Waals surface area contributed by atoms with Crippen LogP contribution < -0.4 is 10.6 Å². The summed E-state index contributed by atoms with van der Waals surface area (Å²) in [5.74, 6) is 1.86. The Hall–Kier alpha value is -1.49. The number of carbonyl (C=O) groups is 1. The van der Waals surface area contributed by atoms with Crippen molar-refractivity contribution in [2.45, 2.75) is 13.5 Å². The van der Waals surface area contributed by atoms with Crippen molar-refractivity contribution in [2.75, 3.05) is 26.2 Å². The number of hydrogen-bond donors (Lipinski definition) is 2. The SMILES string of the molecule is Cc1ccc(CNCCN2CCNC2=O)o1. The summed E-state index contributed by atoms with van der Waals surface area (Å²) >= 11 is 0. The molecule has 88 valence electrons. The zero-order valence-electron chi connectivity index (χ0n) is 9.45. The molecule has 0 atom stereocenters. The average molecular weight is 223 g/mol. The van der Waals surface area contributed by atoms with Crippen LogP contribution >= 0.6 is 0 Å². The van der Waals surface area contributed by atoms with Crippen LogP contribution in [0, 0.1) is 6.92 Å². The van der Waals surface area contributed by atoms with Crippen LogP contribution in [0.5, 0.6) is 0 Å². The van der Waals surface area contributed by atoms with E-state index in [1.54, 1.807) is 4.90 Å². The van der Waals surface area contributed by atoms with Crippen LogP contribution in [0.3, 0.4) is 0 Å². The Morgan fingerprint density at radius 2 is 2.44 bits per heavy atom. The largest absolute Gasteiger partial charge is 0.465 e. The standard InChI is InChI=1S/C11H17N3O2/c1-9-2-3-10(16-9)8-12-4-6-14-7-5-13-11(14)15/h2-3,12H,4-8H2,1H3,(H,13,15). The van der Waals surface area contributed by atoms with E-state index in [2.05, 4.69) is 10.6 Å². The molecule has 2 N–H and O–H groups in total. The molecule has 5 nitrogen and oxygen atoms in total. The van der Waals surface area contributed by atoms with Gasteiger partial charge in [-0.3, -0.25) is 0 Å². The predicted molar refractivity (Wildman–Crippen MR) is 60.1 cm³/mol. The lowest BCUT2D eigenvalue weighted by Crippen LogP contribution is -2.34. The third-order valence-corrected chi connectivity index (χ3v) is 2.60. The lowest BCUT2D eigenvalue weighted by molar-refractivity contribution is 0.217. The van der Waals surface area contributed by atoms with Gasteiger partial charge in [0.2, 0.25) is 0 Å². The molecular weight excluding hydrogens is 206 g/mol. The van der Waals surface area contributed by atoms with Gasteiger partial charge in [0.25, 0.3) is 0 Å². The van der Waals surface area contributed by atoms with E-state index in [0.29, 0.717) is 6.54 Å². The fourth-order valence-corrected chi connectivity index (χ4v) is 1.73. The second-order valence-corrected chi connectivity index (χ2v) is 3.91. The van der Waals surface area contributed by atoms with Crippen molar-refractivity contribution in [3.05, 3.63) is 23.7 Å². The van der Waals surface area contributed by atoms with E-state index in [0.717, 1.165) is 37.7 Å². The molecule has 1 aromatic heterocycles. The van der Waals surface area contributed by atoms with Gasteiger partial charge in [-0.2, -0.15) is 0 Å². The Labute approximate surface area is 94.8 Å². The van der Waals surface area contributed by atoms with E-state index < -0.39 is 0 Å². The predicted octanol–water partition coefficient (Wildman–Crippen LogP) is 0.703. The van der Waals surface area contributed by atoms with Crippen LogP contribution in [0.25, 0.3) is 0 Å². The first-order valence-electron chi connectivity index (χ1n) is 5.54. The van der Waals surface area contributed by atoms with Gasteiger partial charge < -0.3 is 20.0 Å². The third-order valence-electron chi connectivity index (χ3n) is 2.60. The first-order valence-corrected chi connectivity index (χ1v) is 5.54. The average Bonchev–Trinajstić information content (AvgIpc) is 2.83. The number of urea groups is 1. The molecule has 1 saturated heterocycles. The molecule has 0 unspecified atom stereocenters. The first kappa shape index (κ1) is 11.0. The summed E-state index contributed by atoms with van der Waals surface area (Å²) in [4.78, 5) is 13.0. The zero-order valence-corrected chi connectivity index (χ0v) is 9.45. The number of nitrogens with one attached hydrogen (secondary N) is 2. The van der Waals surface area contributed by atoms with Crippen LogP contribution in [0.2, 0.25) is 0 Å². The van der Waals surface area contributed by atoms with Gasteiger partial charge >= 0.3 is 6.03 Å². The number of rotatable bonds is 5. The highest BCUT2D eigenvalue weighted by atomic mass is 16.3. The molecule has 1 aliphatic rings. The number of nitrogens with zero attached hydrogens (tertiary/aromatic N) is 1. The minimum Gasteiger partial charge on any atom is -0.465 e. The summed E-state index contributed by atoms with van der Waals surface area (Å²) < 4.78 is 5.42. The molecule has 5 heteroatoms. The maximum Gasteiger partial charge on any atom is 0.317 e. The topological polar surface area (TPSA) is 57.5 Å². The van der Waals surface area contributed by atoms with Gasteiger partial charge in [0.15, 0.2) is 0 Å². The number of amides is 2. The minimum atomic E-state index is 0.0376. The zero-order chi connectivity index (χ0) is 11.4. The Bertz CT molecular complexity index is 362. The Balaban J connectivity index is 1.63. The Kier molecular flexibility index (Phi) is 3.46. The molecule has 0 spiro atoms. The van der Waals surface area contributed by atoms with Crippen LogP contribution in [0.1, 0.15) is 11.5 Å².